The number of amides is 1. The molecule has 0 aromatic heterocycles. The summed E-state index contributed by atoms with van der Waals surface area (Å²) in [6, 6.07) is 5.56. The fourth-order valence-electron chi connectivity index (χ4n) is 1.85. The Hall–Kier alpha value is -1.07. The van der Waals surface area contributed by atoms with Crippen molar-refractivity contribution in [2.24, 2.45) is 0 Å². The number of nitrogens with one attached hydrogen (secondary N) is 2. The van der Waals surface area contributed by atoms with E-state index in [0.717, 1.165) is 29.7 Å². The number of hydrogen-bond acceptors (Lipinski definition) is 3. The lowest BCUT2D eigenvalue weighted by atomic mass is 10.2. The Kier molecular flexibility index (Phi) is 4.02. The van der Waals surface area contributed by atoms with E-state index in [2.05, 4.69) is 26.6 Å². The number of carbonyl (C=O) groups is 1. The molecule has 1 aliphatic heterocycles. The number of methoxy groups -OCH3 is 1. The van der Waals surface area contributed by atoms with Gasteiger partial charge in [-0.3, -0.25) is 4.79 Å². The molecule has 0 saturated carbocycles. The summed E-state index contributed by atoms with van der Waals surface area (Å²) < 4.78 is 5.91. The van der Waals surface area contributed by atoms with Gasteiger partial charge in [-0.1, -0.05) is 0 Å². The van der Waals surface area contributed by atoms with Gasteiger partial charge in [0.1, 0.15) is 5.75 Å². The lowest BCUT2D eigenvalue weighted by Crippen LogP contribution is -2.36. The van der Waals surface area contributed by atoms with Crippen LogP contribution in [0.2, 0.25) is 0 Å². The summed E-state index contributed by atoms with van der Waals surface area (Å²) in [5, 5.41) is 6.21. The molecular weight excluding hydrogens is 284 g/mol. The molecule has 17 heavy (non-hydrogen) atoms. The highest BCUT2D eigenvalue weighted by atomic mass is 79.9. The van der Waals surface area contributed by atoms with Gasteiger partial charge in [-0.25, -0.2) is 0 Å². The minimum Gasteiger partial charge on any atom is -0.496 e. The van der Waals surface area contributed by atoms with E-state index in [1.165, 1.54) is 0 Å². The summed E-state index contributed by atoms with van der Waals surface area (Å²) in [6.45, 7) is 1.82. The molecule has 1 aromatic rings. The molecule has 0 radical (unpaired) electrons. The van der Waals surface area contributed by atoms with E-state index < -0.39 is 0 Å². The largest absolute Gasteiger partial charge is 0.496 e. The monoisotopic (exact) mass is 298 g/mol. The van der Waals surface area contributed by atoms with Crippen LogP contribution >= 0.6 is 15.9 Å². The van der Waals surface area contributed by atoms with Crippen molar-refractivity contribution >= 4 is 21.8 Å². The maximum Gasteiger partial charge on any atom is 0.251 e. The maximum atomic E-state index is 12.0. The van der Waals surface area contributed by atoms with Crippen LogP contribution in [0.4, 0.5) is 0 Å². The van der Waals surface area contributed by atoms with E-state index in [9.17, 15) is 4.79 Å². The van der Waals surface area contributed by atoms with Crippen molar-refractivity contribution in [1.29, 1.82) is 0 Å². The second kappa shape index (κ2) is 5.51. The zero-order valence-corrected chi connectivity index (χ0v) is 11.2. The first kappa shape index (κ1) is 12.4. The predicted octanol–water partition coefficient (Wildman–Crippen LogP) is 1.55. The number of ether oxygens (including phenoxy) is 1. The number of rotatable bonds is 3. The van der Waals surface area contributed by atoms with E-state index in [4.69, 9.17) is 4.74 Å². The molecule has 1 aliphatic rings. The average molecular weight is 299 g/mol. The van der Waals surface area contributed by atoms with E-state index in [1.807, 2.05) is 0 Å². The van der Waals surface area contributed by atoms with Crippen LogP contribution in [0.15, 0.2) is 22.7 Å². The van der Waals surface area contributed by atoms with Gasteiger partial charge >= 0.3 is 0 Å². The molecule has 1 saturated heterocycles. The van der Waals surface area contributed by atoms with Crippen LogP contribution in [0.5, 0.6) is 5.75 Å². The first-order valence-corrected chi connectivity index (χ1v) is 6.35. The van der Waals surface area contributed by atoms with Gasteiger partial charge in [0.2, 0.25) is 0 Å². The summed E-state index contributed by atoms with van der Waals surface area (Å²) >= 11 is 3.37. The smallest absolute Gasteiger partial charge is 0.251 e. The van der Waals surface area contributed by atoms with Crippen molar-refractivity contribution in [2.45, 2.75) is 12.5 Å². The molecule has 1 heterocycles. The molecule has 1 fully saturated rings. The molecule has 0 spiro atoms. The van der Waals surface area contributed by atoms with Crippen LogP contribution in [-0.4, -0.2) is 32.1 Å². The summed E-state index contributed by atoms with van der Waals surface area (Å²) in [5.74, 6) is 0.686. The number of halogens is 1. The van der Waals surface area contributed by atoms with E-state index in [1.54, 1.807) is 25.3 Å². The fourth-order valence-corrected chi connectivity index (χ4v) is 2.39. The molecule has 1 aromatic carbocycles. The normalized spacial score (nSPS) is 19.1. The van der Waals surface area contributed by atoms with Gasteiger partial charge in [-0.2, -0.15) is 0 Å². The minimum absolute atomic E-state index is 0.0398. The lowest BCUT2D eigenvalue weighted by molar-refractivity contribution is 0.0940. The Labute approximate surface area is 109 Å². The van der Waals surface area contributed by atoms with Gasteiger partial charge in [-0.05, 0) is 47.1 Å². The number of hydrogen-bond donors (Lipinski definition) is 2. The molecule has 0 aliphatic carbocycles. The maximum absolute atomic E-state index is 12.0. The van der Waals surface area contributed by atoms with Crippen LogP contribution in [0.1, 0.15) is 16.8 Å². The topological polar surface area (TPSA) is 50.4 Å². The summed E-state index contributed by atoms with van der Waals surface area (Å²) in [4.78, 5) is 12.0. The Morgan fingerprint density at radius 3 is 3.00 bits per heavy atom. The molecule has 0 bridgehead atoms. The molecule has 1 atom stereocenters. The highest BCUT2D eigenvalue weighted by molar-refractivity contribution is 9.10. The van der Waals surface area contributed by atoms with E-state index >= 15 is 0 Å². The van der Waals surface area contributed by atoms with Crippen molar-refractivity contribution in [3.63, 3.8) is 0 Å². The molecule has 5 heteroatoms. The van der Waals surface area contributed by atoms with Crippen LogP contribution in [0.25, 0.3) is 0 Å². The van der Waals surface area contributed by atoms with Crippen molar-refractivity contribution in [3.05, 3.63) is 28.2 Å². The van der Waals surface area contributed by atoms with E-state index in [-0.39, 0.29) is 11.9 Å². The zero-order valence-electron chi connectivity index (χ0n) is 9.63. The highest BCUT2D eigenvalue weighted by Crippen LogP contribution is 2.25. The van der Waals surface area contributed by atoms with Crippen molar-refractivity contribution in [1.82, 2.24) is 10.6 Å². The molecule has 0 unspecified atom stereocenters. The Morgan fingerprint density at radius 1 is 1.59 bits per heavy atom. The van der Waals surface area contributed by atoms with Crippen LogP contribution in [-0.2, 0) is 0 Å². The van der Waals surface area contributed by atoms with Gasteiger partial charge in [0.15, 0.2) is 0 Å². The predicted molar refractivity (Wildman–Crippen MR) is 69.4 cm³/mol. The molecule has 2 N–H and O–H groups in total. The second-order valence-electron chi connectivity index (χ2n) is 4.01. The minimum atomic E-state index is -0.0398. The van der Waals surface area contributed by atoms with Crippen LogP contribution in [0, 0.1) is 0 Å². The lowest BCUT2D eigenvalue weighted by Gasteiger charge is -2.12. The standard InChI is InChI=1S/C12H15BrN2O2/c1-17-11-3-2-8(6-10(11)13)12(16)15-9-4-5-14-7-9/h2-3,6,9,14H,4-5,7H2,1H3,(H,15,16)/t9-/m0/s1. The second-order valence-corrected chi connectivity index (χ2v) is 4.87. The molecule has 2 rings (SSSR count). The molecule has 1 amide bonds. The van der Waals surface area contributed by atoms with Crippen molar-refractivity contribution < 1.29 is 9.53 Å². The first-order chi connectivity index (χ1) is 8.20. The summed E-state index contributed by atoms with van der Waals surface area (Å²) in [7, 11) is 1.60. The molecular formula is C12H15BrN2O2. The Balaban J connectivity index is 2.05. The Bertz CT molecular complexity index is 417. The highest BCUT2D eigenvalue weighted by Gasteiger charge is 2.17. The quantitative estimate of drug-likeness (QED) is 0.890. The SMILES string of the molecule is COc1ccc(C(=O)N[C@H]2CCNC2)cc1Br. The third kappa shape index (κ3) is 2.98. The van der Waals surface area contributed by atoms with Gasteiger partial charge in [-0.15, -0.1) is 0 Å². The summed E-state index contributed by atoms with van der Waals surface area (Å²) in [5.41, 5.74) is 0.643. The van der Waals surface area contributed by atoms with Gasteiger partial charge in [0.05, 0.1) is 11.6 Å². The first-order valence-electron chi connectivity index (χ1n) is 5.56. The number of carbonyl (C=O) groups excluding carboxylic acids is 1. The summed E-state index contributed by atoms with van der Waals surface area (Å²) in [6.07, 6.45) is 0.989. The van der Waals surface area contributed by atoms with Crippen molar-refractivity contribution in [3.8, 4) is 5.75 Å². The van der Waals surface area contributed by atoms with Gasteiger partial charge in [0.25, 0.3) is 5.91 Å². The van der Waals surface area contributed by atoms with Gasteiger partial charge in [0, 0.05) is 18.2 Å². The average Bonchev–Trinajstić information content (AvgIpc) is 2.81. The molecule has 4 nitrogen and oxygen atoms in total. The Morgan fingerprint density at radius 2 is 2.41 bits per heavy atom. The van der Waals surface area contributed by atoms with Crippen LogP contribution < -0.4 is 15.4 Å². The zero-order chi connectivity index (χ0) is 12.3. The fraction of sp³-hybridized carbons (Fsp3) is 0.417. The third-order valence-electron chi connectivity index (χ3n) is 2.81. The van der Waals surface area contributed by atoms with Gasteiger partial charge < -0.3 is 15.4 Å². The third-order valence-corrected chi connectivity index (χ3v) is 3.43. The van der Waals surface area contributed by atoms with Crippen molar-refractivity contribution in [2.75, 3.05) is 20.2 Å². The number of benzene rings is 1. The van der Waals surface area contributed by atoms with Crippen LogP contribution in [0.3, 0.4) is 0 Å². The molecule has 92 valence electrons. The van der Waals surface area contributed by atoms with E-state index in [0.29, 0.717) is 5.56 Å².